The summed E-state index contributed by atoms with van der Waals surface area (Å²) in [6.45, 7) is 2.22. The highest BCUT2D eigenvalue weighted by Crippen LogP contribution is 2.34. The van der Waals surface area contributed by atoms with Crippen molar-refractivity contribution in [2.45, 2.75) is 13.0 Å². The van der Waals surface area contributed by atoms with Crippen molar-refractivity contribution in [1.82, 2.24) is 4.98 Å². The number of thiophene rings is 1. The van der Waals surface area contributed by atoms with Gasteiger partial charge in [-0.25, -0.2) is 0 Å². The number of aromatic nitrogens is 1. The fourth-order valence-corrected chi connectivity index (χ4v) is 3.26. The number of hydrogen-bond donors (Lipinski definition) is 1. The summed E-state index contributed by atoms with van der Waals surface area (Å²) in [7, 11) is 2.12. The van der Waals surface area contributed by atoms with Crippen molar-refractivity contribution in [2.24, 2.45) is 0 Å². The van der Waals surface area contributed by atoms with E-state index in [0.29, 0.717) is 6.04 Å². The Morgan fingerprint density at radius 3 is 2.80 bits per heavy atom. The summed E-state index contributed by atoms with van der Waals surface area (Å²) in [4.78, 5) is 7.81. The van der Waals surface area contributed by atoms with Crippen molar-refractivity contribution < 1.29 is 0 Å². The van der Waals surface area contributed by atoms with E-state index in [1.807, 2.05) is 24.5 Å². The zero-order valence-electron chi connectivity index (χ0n) is 11.6. The smallest absolute Gasteiger partial charge is 0.0603 e. The van der Waals surface area contributed by atoms with Gasteiger partial charge in [0, 0.05) is 46.5 Å². The number of benzene rings is 1. The number of fused-ring (bicyclic) bond motifs is 1. The van der Waals surface area contributed by atoms with Crippen LogP contribution in [0, 0.1) is 0 Å². The van der Waals surface area contributed by atoms with Crippen molar-refractivity contribution in [2.75, 3.05) is 17.7 Å². The van der Waals surface area contributed by atoms with Gasteiger partial charge in [0.05, 0.1) is 6.04 Å². The molecule has 20 heavy (non-hydrogen) atoms. The molecule has 0 saturated carbocycles. The second-order valence-corrected chi connectivity index (χ2v) is 5.88. The van der Waals surface area contributed by atoms with Gasteiger partial charge in [-0.1, -0.05) is 6.07 Å². The maximum atomic E-state index is 6.04. The molecule has 1 aromatic carbocycles. The number of nitrogens with zero attached hydrogens (tertiary/aromatic N) is 2. The molecule has 0 bridgehead atoms. The molecule has 1 atom stereocenters. The summed E-state index contributed by atoms with van der Waals surface area (Å²) in [5.74, 6) is 0. The Hall–Kier alpha value is -2.07. The van der Waals surface area contributed by atoms with Gasteiger partial charge >= 0.3 is 0 Å². The molecule has 102 valence electrons. The van der Waals surface area contributed by atoms with Crippen LogP contribution in [0.2, 0.25) is 0 Å². The van der Waals surface area contributed by atoms with E-state index in [0.717, 1.165) is 16.5 Å². The molecule has 0 radical (unpaired) electrons. The molecular formula is C16H17N3S. The molecule has 0 amide bonds. The first-order chi connectivity index (χ1) is 9.68. The molecule has 0 aliphatic carbocycles. The van der Waals surface area contributed by atoms with Crippen LogP contribution in [0.15, 0.2) is 48.1 Å². The molecule has 3 rings (SSSR count). The van der Waals surface area contributed by atoms with Gasteiger partial charge in [0.15, 0.2) is 0 Å². The molecule has 2 heterocycles. The van der Waals surface area contributed by atoms with Gasteiger partial charge in [-0.2, -0.15) is 0 Å². The topological polar surface area (TPSA) is 42.1 Å². The third kappa shape index (κ3) is 2.12. The molecular weight excluding hydrogens is 266 g/mol. The number of pyridine rings is 1. The second kappa shape index (κ2) is 5.13. The Morgan fingerprint density at radius 2 is 2.05 bits per heavy atom. The molecule has 0 fully saturated rings. The lowest BCUT2D eigenvalue weighted by Gasteiger charge is -2.27. The van der Waals surface area contributed by atoms with E-state index in [1.54, 1.807) is 11.3 Å². The molecule has 0 spiro atoms. The zero-order chi connectivity index (χ0) is 14.1. The van der Waals surface area contributed by atoms with Crippen LogP contribution in [-0.4, -0.2) is 12.0 Å². The molecule has 0 aliphatic heterocycles. The first-order valence-corrected chi connectivity index (χ1v) is 7.45. The van der Waals surface area contributed by atoms with Crippen LogP contribution < -0.4 is 10.6 Å². The van der Waals surface area contributed by atoms with Crippen molar-refractivity contribution in [3.63, 3.8) is 0 Å². The maximum absolute atomic E-state index is 6.04. The lowest BCUT2D eigenvalue weighted by Crippen LogP contribution is -2.21. The zero-order valence-corrected chi connectivity index (χ0v) is 12.4. The fourth-order valence-electron chi connectivity index (χ4n) is 2.43. The number of nitrogens with two attached hydrogens (primary N) is 1. The van der Waals surface area contributed by atoms with Gasteiger partial charge in [-0.3, -0.25) is 4.98 Å². The Morgan fingerprint density at radius 1 is 1.20 bits per heavy atom. The first-order valence-electron chi connectivity index (χ1n) is 6.57. The minimum absolute atomic E-state index is 0.329. The minimum Gasteiger partial charge on any atom is -0.398 e. The van der Waals surface area contributed by atoms with E-state index in [4.69, 9.17) is 5.73 Å². The van der Waals surface area contributed by atoms with Crippen LogP contribution in [-0.2, 0) is 0 Å². The van der Waals surface area contributed by atoms with E-state index in [2.05, 4.69) is 47.4 Å². The molecule has 1 unspecified atom stereocenters. The highest BCUT2D eigenvalue weighted by Gasteiger charge is 2.16. The number of rotatable bonds is 3. The van der Waals surface area contributed by atoms with Gasteiger partial charge in [0.25, 0.3) is 0 Å². The van der Waals surface area contributed by atoms with Gasteiger partial charge in [-0.05, 0) is 36.6 Å². The van der Waals surface area contributed by atoms with E-state index in [9.17, 15) is 0 Å². The molecule has 2 N–H and O–H groups in total. The van der Waals surface area contributed by atoms with Gasteiger partial charge in [0.1, 0.15) is 0 Å². The summed E-state index contributed by atoms with van der Waals surface area (Å²) in [6.07, 6.45) is 3.65. The van der Waals surface area contributed by atoms with Crippen molar-refractivity contribution in [3.8, 4) is 0 Å². The highest BCUT2D eigenvalue weighted by molar-refractivity contribution is 7.10. The molecule has 4 heteroatoms. The minimum atomic E-state index is 0.329. The predicted octanol–water partition coefficient (Wildman–Crippen LogP) is 4.08. The monoisotopic (exact) mass is 283 g/mol. The largest absolute Gasteiger partial charge is 0.398 e. The molecule has 2 aromatic heterocycles. The van der Waals surface area contributed by atoms with E-state index in [1.165, 1.54) is 10.6 Å². The lowest BCUT2D eigenvalue weighted by atomic mass is 10.1. The third-order valence-electron chi connectivity index (χ3n) is 3.74. The lowest BCUT2D eigenvalue weighted by molar-refractivity contribution is 0.757. The summed E-state index contributed by atoms with van der Waals surface area (Å²) >= 11 is 1.78. The summed E-state index contributed by atoms with van der Waals surface area (Å²) < 4.78 is 0. The van der Waals surface area contributed by atoms with Crippen LogP contribution in [0.4, 0.5) is 11.4 Å². The van der Waals surface area contributed by atoms with Gasteiger partial charge in [0.2, 0.25) is 0 Å². The average molecular weight is 283 g/mol. The van der Waals surface area contributed by atoms with Crippen molar-refractivity contribution in [3.05, 3.63) is 53.0 Å². The molecule has 0 saturated heterocycles. The van der Waals surface area contributed by atoms with E-state index < -0.39 is 0 Å². The summed E-state index contributed by atoms with van der Waals surface area (Å²) in [6, 6.07) is 10.7. The fraction of sp³-hybridized carbons (Fsp3) is 0.188. The number of nitrogen functional groups attached to an aromatic ring is 1. The Balaban J connectivity index is 2.08. The molecule has 3 aromatic rings. The van der Waals surface area contributed by atoms with Crippen molar-refractivity contribution >= 4 is 33.5 Å². The van der Waals surface area contributed by atoms with Crippen LogP contribution in [0.3, 0.4) is 0 Å². The van der Waals surface area contributed by atoms with Crippen molar-refractivity contribution in [1.29, 1.82) is 0 Å². The Labute approximate surface area is 122 Å². The Bertz CT molecular complexity index is 722. The van der Waals surface area contributed by atoms with Crippen LogP contribution in [0.25, 0.3) is 10.8 Å². The average Bonchev–Trinajstić information content (AvgIpc) is 3.01. The SMILES string of the molecule is CC(c1cccs1)N(C)c1ccc(N)c2cnccc12. The number of anilines is 2. The molecule has 0 aliphatic rings. The van der Waals surface area contributed by atoms with Crippen LogP contribution >= 0.6 is 11.3 Å². The third-order valence-corrected chi connectivity index (χ3v) is 4.79. The van der Waals surface area contributed by atoms with E-state index >= 15 is 0 Å². The predicted molar refractivity (Wildman–Crippen MR) is 87.3 cm³/mol. The van der Waals surface area contributed by atoms with Gasteiger partial charge < -0.3 is 10.6 Å². The number of hydrogen-bond acceptors (Lipinski definition) is 4. The summed E-state index contributed by atoms with van der Waals surface area (Å²) in [5.41, 5.74) is 7.99. The quantitative estimate of drug-likeness (QED) is 0.737. The molecule has 3 nitrogen and oxygen atoms in total. The standard InChI is InChI=1S/C16H17N3S/c1-11(16-4-3-9-20-16)19(2)15-6-5-14(17)13-10-18-8-7-12(13)15/h3-11H,17H2,1-2H3. The van der Waals surface area contributed by atoms with Crippen LogP contribution in [0.1, 0.15) is 17.8 Å². The maximum Gasteiger partial charge on any atom is 0.0603 e. The van der Waals surface area contributed by atoms with Gasteiger partial charge in [-0.15, -0.1) is 11.3 Å². The second-order valence-electron chi connectivity index (χ2n) is 4.90. The Kier molecular flexibility index (Phi) is 3.32. The van der Waals surface area contributed by atoms with Crippen LogP contribution in [0.5, 0.6) is 0 Å². The first kappa shape index (κ1) is 12.9. The summed E-state index contributed by atoms with van der Waals surface area (Å²) in [5, 5.41) is 4.27. The van der Waals surface area contributed by atoms with E-state index in [-0.39, 0.29) is 0 Å². The normalized spacial score (nSPS) is 12.5. The highest BCUT2D eigenvalue weighted by atomic mass is 32.1.